The largest absolute Gasteiger partial charge is 0.495 e. The van der Waals surface area contributed by atoms with Gasteiger partial charge in [-0.05, 0) is 25.1 Å². The van der Waals surface area contributed by atoms with E-state index in [-0.39, 0.29) is 17.9 Å². The predicted octanol–water partition coefficient (Wildman–Crippen LogP) is 2.29. The maximum atomic E-state index is 12.1. The number of anilines is 1. The molecule has 0 radical (unpaired) electrons. The predicted molar refractivity (Wildman–Crippen MR) is 74.2 cm³/mol. The Balaban J connectivity index is 2.94. The Morgan fingerprint density at radius 1 is 1.44 bits per heavy atom. The van der Waals surface area contributed by atoms with Gasteiger partial charge in [0.1, 0.15) is 5.75 Å². The highest BCUT2D eigenvalue weighted by Crippen LogP contribution is 2.29. The molecular formula is C13H19ClN2O2. The minimum Gasteiger partial charge on any atom is -0.495 e. The smallest absolute Gasteiger partial charge is 0.231 e. The van der Waals surface area contributed by atoms with Crippen molar-refractivity contribution in [2.75, 3.05) is 19.1 Å². The molecule has 0 saturated heterocycles. The second kappa shape index (κ2) is 6.07. The number of hydrogen-bond acceptors (Lipinski definition) is 3. The van der Waals surface area contributed by atoms with Crippen molar-refractivity contribution in [3.05, 3.63) is 23.2 Å². The molecule has 0 bridgehead atoms. The van der Waals surface area contributed by atoms with Gasteiger partial charge in [-0.1, -0.05) is 18.5 Å². The van der Waals surface area contributed by atoms with Gasteiger partial charge in [-0.15, -0.1) is 0 Å². The summed E-state index contributed by atoms with van der Waals surface area (Å²) < 4.78 is 5.07. The summed E-state index contributed by atoms with van der Waals surface area (Å²) in [6.07, 6.45) is 0. The molecule has 1 rings (SSSR count). The average molecular weight is 271 g/mol. The molecule has 0 aliphatic rings. The van der Waals surface area contributed by atoms with E-state index in [9.17, 15) is 4.79 Å². The first kappa shape index (κ1) is 14.8. The molecule has 0 saturated carbocycles. The van der Waals surface area contributed by atoms with Crippen LogP contribution in [-0.4, -0.2) is 26.1 Å². The van der Waals surface area contributed by atoms with E-state index < -0.39 is 0 Å². The van der Waals surface area contributed by atoms with Crippen LogP contribution in [0.15, 0.2) is 18.2 Å². The van der Waals surface area contributed by atoms with E-state index in [0.717, 1.165) is 5.69 Å². The quantitative estimate of drug-likeness (QED) is 0.913. The molecule has 0 heterocycles. The summed E-state index contributed by atoms with van der Waals surface area (Å²) in [4.78, 5) is 13.7. The Morgan fingerprint density at radius 3 is 2.50 bits per heavy atom. The zero-order valence-electron chi connectivity index (χ0n) is 11.1. The van der Waals surface area contributed by atoms with E-state index in [0.29, 0.717) is 10.8 Å². The number of rotatable bonds is 4. The first-order valence-electron chi connectivity index (χ1n) is 5.75. The van der Waals surface area contributed by atoms with Crippen LogP contribution in [0.3, 0.4) is 0 Å². The number of halogens is 1. The van der Waals surface area contributed by atoms with E-state index >= 15 is 0 Å². The summed E-state index contributed by atoms with van der Waals surface area (Å²) in [5.74, 6) is 0.309. The van der Waals surface area contributed by atoms with Crippen molar-refractivity contribution < 1.29 is 9.53 Å². The Kier molecular flexibility index (Phi) is 4.99. The van der Waals surface area contributed by atoms with Gasteiger partial charge in [0.25, 0.3) is 0 Å². The fraction of sp³-hybridized carbons (Fsp3) is 0.462. The third-order valence-electron chi connectivity index (χ3n) is 3.03. The van der Waals surface area contributed by atoms with Gasteiger partial charge < -0.3 is 15.4 Å². The van der Waals surface area contributed by atoms with Crippen molar-refractivity contribution in [2.45, 2.75) is 19.9 Å². The molecule has 2 atom stereocenters. The van der Waals surface area contributed by atoms with Crippen molar-refractivity contribution in [3.63, 3.8) is 0 Å². The summed E-state index contributed by atoms with van der Waals surface area (Å²) >= 11 is 6.03. The van der Waals surface area contributed by atoms with Crippen molar-refractivity contribution in [1.29, 1.82) is 0 Å². The number of carbonyl (C=O) groups excluding carboxylic acids is 1. The molecule has 100 valence electrons. The summed E-state index contributed by atoms with van der Waals surface area (Å²) in [5.41, 5.74) is 6.46. The lowest BCUT2D eigenvalue weighted by atomic mass is 10.0. The third-order valence-corrected chi connectivity index (χ3v) is 3.33. The van der Waals surface area contributed by atoms with E-state index in [1.54, 1.807) is 37.3 Å². The molecule has 4 nitrogen and oxygen atoms in total. The van der Waals surface area contributed by atoms with Crippen LogP contribution in [0.1, 0.15) is 13.8 Å². The number of methoxy groups -OCH3 is 1. The van der Waals surface area contributed by atoms with E-state index in [1.807, 2.05) is 13.8 Å². The van der Waals surface area contributed by atoms with Crippen molar-refractivity contribution in [3.8, 4) is 5.75 Å². The maximum absolute atomic E-state index is 12.1. The molecule has 1 aromatic carbocycles. The van der Waals surface area contributed by atoms with Crippen LogP contribution in [0.4, 0.5) is 5.69 Å². The molecule has 2 unspecified atom stereocenters. The van der Waals surface area contributed by atoms with Crippen LogP contribution in [-0.2, 0) is 4.79 Å². The zero-order chi connectivity index (χ0) is 13.9. The number of hydrogen-bond donors (Lipinski definition) is 1. The van der Waals surface area contributed by atoms with Gasteiger partial charge >= 0.3 is 0 Å². The van der Waals surface area contributed by atoms with Gasteiger partial charge in [0, 0.05) is 18.8 Å². The van der Waals surface area contributed by atoms with E-state index in [1.165, 1.54) is 0 Å². The van der Waals surface area contributed by atoms with Crippen molar-refractivity contribution >= 4 is 23.2 Å². The highest BCUT2D eigenvalue weighted by Gasteiger charge is 2.22. The lowest BCUT2D eigenvalue weighted by Crippen LogP contribution is -2.39. The number of amides is 1. The molecule has 0 fully saturated rings. The van der Waals surface area contributed by atoms with Crippen LogP contribution in [0, 0.1) is 5.92 Å². The van der Waals surface area contributed by atoms with Gasteiger partial charge in [0.2, 0.25) is 5.91 Å². The summed E-state index contributed by atoms with van der Waals surface area (Å²) in [7, 11) is 3.26. The van der Waals surface area contributed by atoms with Gasteiger partial charge in [-0.2, -0.15) is 0 Å². The summed E-state index contributed by atoms with van der Waals surface area (Å²) in [5, 5.41) is 0.475. The molecule has 1 aromatic rings. The molecular weight excluding hydrogens is 252 g/mol. The highest BCUT2D eigenvalue weighted by molar-refractivity contribution is 6.32. The van der Waals surface area contributed by atoms with Crippen LogP contribution >= 0.6 is 11.6 Å². The van der Waals surface area contributed by atoms with Gasteiger partial charge in [-0.3, -0.25) is 4.79 Å². The summed E-state index contributed by atoms with van der Waals surface area (Å²) in [6, 6.07) is 5.04. The zero-order valence-corrected chi connectivity index (χ0v) is 11.9. The Hall–Kier alpha value is -1.26. The first-order valence-corrected chi connectivity index (χ1v) is 6.13. The van der Waals surface area contributed by atoms with Crippen LogP contribution in [0.2, 0.25) is 5.02 Å². The number of nitrogens with zero attached hydrogens (tertiary/aromatic N) is 1. The molecule has 0 spiro atoms. The third kappa shape index (κ3) is 3.15. The average Bonchev–Trinajstić information content (AvgIpc) is 2.35. The topological polar surface area (TPSA) is 55.6 Å². The Bertz CT molecular complexity index is 435. The lowest BCUT2D eigenvalue weighted by Gasteiger charge is -2.24. The fourth-order valence-electron chi connectivity index (χ4n) is 1.52. The normalized spacial score (nSPS) is 13.9. The number of carbonyl (C=O) groups is 1. The van der Waals surface area contributed by atoms with Crippen LogP contribution < -0.4 is 15.4 Å². The molecule has 0 aliphatic carbocycles. The van der Waals surface area contributed by atoms with Gasteiger partial charge in [0.15, 0.2) is 0 Å². The second-order valence-corrected chi connectivity index (χ2v) is 4.77. The lowest BCUT2D eigenvalue weighted by molar-refractivity contribution is -0.122. The molecule has 2 N–H and O–H groups in total. The number of benzene rings is 1. The fourth-order valence-corrected chi connectivity index (χ4v) is 1.77. The minimum absolute atomic E-state index is 0.0359. The van der Waals surface area contributed by atoms with Crippen molar-refractivity contribution in [1.82, 2.24) is 0 Å². The molecule has 1 amide bonds. The Labute approximate surface area is 113 Å². The van der Waals surface area contributed by atoms with E-state index in [2.05, 4.69) is 0 Å². The number of nitrogens with two attached hydrogens (primary N) is 1. The highest BCUT2D eigenvalue weighted by atomic mass is 35.5. The number of ether oxygens (including phenoxy) is 1. The molecule has 0 aliphatic heterocycles. The SMILES string of the molecule is COc1ccc(N(C)C(=O)C(C)C(C)N)cc1Cl. The Morgan fingerprint density at radius 2 is 2.06 bits per heavy atom. The summed E-state index contributed by atoms with van der Waals surface area (Å²) in [6.45, 7) is 3.63. The van der Waals surface area contributed by atoms with Gasteiger partial charge in [0.05, 0.1) is 18.1 Å². The van der Waals surface area contributed by atoms with Gasteiger partial charge in [-0.25, -0.2) is 0 Å². The molecule has 5 heteroatoms. The van der Waals surface area contributed by atoms with Crippen molar-refractivity contribution in [2.24, 2.45) is 11.7 Å². The molecule has 18 heavy (non-hydrogen) atoms. The minimum atomic E-state index is -0.240. The standard InChI is InChI=1S/C13H19ClN2O2/c1-8(9(2)15)13(17)16(3)10-5-6-12(18-4)11(14)7-10/h5-9H,15H2,1-4H3. The van der Waals surface area contributed by atoms with E-state index in [4.69, 9.17) is 22.1 Å². The molecule has 0 aromatic heterocycles. The first-order chi connectivity index (χ1) is 8.38. The maximum Gasteiger partial charge on any atom is 0.231 e. The monoisotopic (exact) mass is 270 g/mol. The van der Waals surface area contributed by atoms with Crippen LogP contribution in [0.5, 0.6) is 5.75 Å². The second-order valence-electron chi connectivity index (χ2n) is 4.36. The van der Waals surface area contributed by atoms with Crippen LogP contribution in [0.25, 0.3) is 0 Å².